The van der Waals surface area contributed by atoms with Gasteiger partial charge in [-0.3, -0.25) is 0 Å². The van der Waals surface area contributed by atoms with Gasteiger partial charge in [0.25, 0.3) is 5.89 Å². The van der Waals surface area contributed by atoms with Gasteiger partial charge in [0, 0.05) is 29.4 Å². The van der Waals surface area contributed by atoms with E-state index in [0.29, 0.717) is 52.8 Å². The number of hydrogen-bond acceptors (Lipinski definition) is 10. The quantitative estimate of drug-likeness (QED) is 0.248. The molecule has 1 amide bonds. The Bertz CT molecular complexity index is 1450. The number of rotatable bonds is 6. The average molecular weight is 569 g/mol. The van der Waals surface area contributed by atoms with Crippen molar-refractivity contribution in [1.82, 2.24) is 30.0 Å². The van der Waals surface area contributed by atoms with Crippen LogP contribution in [0.25, 0.3) is 23.1 Å². The van der Waals surface area contributed by atoms with E-state index in [4.69, 9.17) is 30.6 Å². The van der Waals surface area contributed by atoms with Crippen molar-refractivity contribution in [2.45, 2.75) is 58.5 Å². The summed E-state index contributed by atoms with van der Waals surface area (Å²) >= 11 is 7.70. The van der Waals surface area contributed by atoms with Gasteiger partial charge in [0.05, 0.1) is 17.4 Å². The maximum absolute atomic E-state index is 12.5. The predicted molar refractivity (Wildman–Crippen MR) is 147 cm³/mol. The Hall–Kier alpha value is -3.57. The fraction of sp³-hybridized carbons (Fsp3) is 0.407. The van der Waals surface area contributed by atoms with Crippen molar-refractivity contribution in [3.8, 4) is 34.7 Å². The molecule has 1 fully saturated rings. The molecule has 5 rings (SSSR count). The van der Waals surface area contributed by atoms with E-state index in [2.05, 4.69) is 20.1 Å². The molecule has 0 saturated carbocycles. The van der Waals surface area contributed by atoms with Gasteiger partial charge in [-0.25, -0.2) is 19.7 Å². The Kier molecular flexibility index (Phi) is 7.81. The number of nitrogens with zero attached hydrogens (tertiary/aromatic N) is 6. The summed E-state index contributed by atoms with van der Waals surface area (Å²) in [6.45, 7) is 8.89. The van der Waals surface area contributed by atoms with E-state index < -0.39 is 5.60 Å². The highest BCUT2D eigenvalue weighted by Crippen LogP contribution is 2.33. The molecular formula is C27H29ClN6O4S. The molecule has 0 radical (unpaired) electrons. The van der Waals surface area contributed by atoms with Crippen LogP contribution in [0.4, 0.5) is 4.79 Å². The normalized spacial score (nSPS) is 15.8. The Morgan fingerprint density at radius 3 is 2.79 bits per heavy atom. The first-order chi connectivity index (χ1) is 18.7. The van der Waals surface area contributed by atoms with Crippen LogP contribution in [0.15, 0.2) is 40.5 Å². The molecule has 1 unspecified atom stereocenters. The smallest absolute Gasteiger partial charge is 0.410 e. The minimum Gasteiger partial charge on any atom is -0.444 e. The van der Waals surface area contributed by atoms with Gasteiger partial charge in [0.2, 0.25) is 11.7 Å². The topological polar surface area (TPSA) is 116 Å². The summed E-state index contributed by atoms with van der Waals surface area (Å²) in [6.07, 6.45) is 5.38. The number of aryl methyl sites for hydroxylation is 1. The third-order valence-corrected chi connectivity index (χ3v) is 7.44. The van der Waals surface area contributed by atoms with Gasteiger partial charge in [0.15, 0.2) is 0 Å². The molecule has 39 heavy (non-hydrogen) atoms. The third-order valence-electron chi connectivity index (χ3n) is 6.07. The zero-order chi connectivity index (χ0) is 27.6. The van der Waals surface area contributed by atoms with Crippen molar-refractivity contribution in [3.05, 3.63) is 51.6 Å². The van der Waals surface area contributed by atoms with E-state index >= 15 is 0 Å². The Morgan fingerprint density at radius 2 is 2.05 bits per heavy atom. The molecule has 1 aliphatic heterocycles. The van der Waals surface area contributed by atoms with E-state index in [9.17, 15) is 4.79 Å². The van der Waals surface area contributed by atoms with Crippen molar-refractivity contribution in [1.29, 1.82) is 0 Å². The van der Waals surface area contributed by atoms with Gasteiger partial charge < -0.3 is 18.9 Å². The lowest BCUT2D eigenvalue weighted by Crippen LogP contribution is -2.42. The number of hydrogen-bond donors (Lipinski definition) is 0. The lowest BCUT2D eigenvalue weighted by atomic mass is 9.99. The summed E-state index contributed by atoms with van der Waals surface area (Å²) in [6, 6.07) is 5.47. The van der Waals surface area contributed by atoms with E-state index in [-0.39, 0.29) is 12.0 Å². The minimum absolute atomic E-state index is 0.125. The van der Waals surface area contributed by atoms with Crippen LogP contribution in [0, 0.1) is 0 Å². The summed E-state index contributed by atoms with van der Waals surface area (Å²) in [5, 5.41) is 7.56. The fourth-order valence-corrected chi connectivity index (χ4v) is 5.34. The molecule has 1 aromatic carbocycles. The van der Waals surface area contributed by atoms with Crippen LogP contribution in [0.1, 0.15) is 57.0 Å². The van der Waals surface area contributed by atoms with Crippen LogP contribution in [0.2, 0.25) is 5.02 Å². The van der Waals surface area contributed by atoms with Gasteiger partial charge in [-0.1, -0.05) is 23.7 Å². The Balaban J connectivity index is 1.24. The van der Waals surface area contributed by atoms with Crippen LogP contribution >= 0.6 is 22.9 Å². The summed E-state index contributed by atoms with van der Waals surface area (Å²) in [4.78, 5) is 32.2. The first-order valence-electron chi connectivity index (χ1n) is 12.7. The molecule has 0 spiro atoms. The first kappa shape index (κ1) is 27.0. The Morgan fingerprint density at radius 1 is 1.21 bits per heavy atom. The molecule has 0 aliphatic carbocycles. The number of carbonyl (C=O) groups is 1. The lowest BCUT2D eigenvalue weighted by molar-refractivity contribution is 0.0198. The van der Waals surface area contributed by atoms with Crippen LogP contribution in [0.3, 0.4) is 0 Å². The summed E-state index contributed by atoms with van der Waals surface area (Å²) in [5.74, 6) is 1.69. The largest absolute Gasteiger partial charge is 0.444 e. The second-order valence-corrected chi connectivity index (χ2v) is 11.5. The zero-order valence-electron chi connectivity index (χ0n) is 22.2. The van der Waals surface area contributed by atoms with E-state index in [1.807, 2.05) is 39.1 Å². The number of halogens is 1. The molecule has 12 heteroatoms. The van der Waals surface area contributed by atoms with Crippen molar-refractivity contribution < 1.29 is 18.8 Å². The fourth-order valence-electron chi connectivity index (χ4n) is 4.17. The number of piperidine rings is 1. The molecule has 10 nitrogen and oxygen atoms in total. The van der Waals surface area contributed by atoms with Crippen molar-refractivity contribution in [2.24, 2.45) is 0 Å². The molecule has 4 heterocycles. The number of likely N-dealkylation sites (tertiary alicyclic amines) is 1. The molecular weight excluding hydrogens is 540 g/mol. The van der Waals surface area contributed by atoms with Gasteiger partial charge in [0.1, 0.15) is 22.7 Å². The lowest BCUT2D eigenvalue weighted by Gasteiger charge is -2.33. The molecule has 1 aliphatic rings. The molecule has 0 bridgehead atoms. The summed E-state index contributed by atoms with van der Waals surface area (Å²) < 4.78 is 16.8. The first-order valence-corrected chi connectivity index (χ1v) is 14.0. The highest BCUT2D eigenvalue weighted by atomic mass is 35.5. The molecule has 3 aromatic heterocycles. The van der Waals surface area contributed by atoms with E-state index in [0.717, 1.165) is 29.8 Å². The standard InChI is InChI=1S/C27H29ClN6O4S/c1-5-16-11-18(8-9-19(16)28)36-22-13-29-20(12-30-22)23-32-24(38-33-23)21-15-39-25(31-21)17-7-6-10-34(14-17)26(35)37-27(2,3)4/h8-9,11-13,15,17H,5-7,10,14H2,1-4H3. The number of amides is 1. The van der Waals surface area contributed by atoms with Crippen molar-refractivity contribution in [3.63, 3.8) is 0 Å². The number of carbonyl (C=O) groups excluding carboxylic acids is 1. The second-order valence-electron chi connectivity index (χ2n) is 10.2. The van der Waals surface area contributed by atoms with Crippen LogP contribution in [0.5, 0.6) is 11.6 Å². The molecule has 0 N–H and O–H groups in total. The molecule has 1 saturated heterocycles. The van der Waals surface area contributed by atoms with Crippen LogP contribution < -0.4 is 4.74 Å². The maximum Gasteiger partial charge on any atom is 0.410 e. The van der Waals surface area contributed by atoms with Gasteiger partial charge >= 0.3 is 6.09 Å². The zero-order valence-corrected chi connectivity index (χ0v) is 23.8. The molecule has 1 atom stereocenters. The SMILES string of the molecule is CCc1cc(Oc2cnc(-c3noc(-c4csc(C5CCCN(C(=O)OC(C)(C)C)C5)n4)n3)cn2)ccc1Cl. The monoisotopic (exact) mass is 568 g/mol. The van der Waals surface area contributed by atoms with E-state index in [1.165, 1.54) is 23.7 Å². The van der Waals surface area contributed by atoms with Crippen molar-refractivity contribution >= 4 is 29.0 Å². The number of aromatic nitrogens is 5. The van der Waals surface area contributed by atoms with E-state index in [1.54, 1.807) is 17.0 Å². The van der Waals surface area contributed by atoms with Crippen molar-refractivity contribution in [2.75, 3.05) is 13.1 Å². The minimum atomic E-state index is -0.527. The predicted octanol–water partition coefficient (Wildman–Crippen LogP) is 6.77. The number of benzene rings is 1. The second kappa shape index (κ2) is 11.3. The number of ether oxygens (including phenoxy) is 2. The Labute approximate surface area is 235 Å². The maximum atomic E-state index is 12.5. The summed E-state index contributed by atoms with van der Waals surface area (Å²) in [7, 11) is 0. The highest BCUT2D eigenvalue weighted by Gasteiger charge is 2.30. The van der Waals surface area contributed by atoms with Crippen LogP contribution in [-0.2, 0) is 11.2 Å². The van der Waals surface area contributed by atoms with Gasteiger partial charge in [-0.2, -0.15) is 4.98 Å². The van der Waals surface area contributed by atoms with Gasteiger partial charge in [-0.05, 0) is 63.8 Å². The number of thiazole rings is 1. The summed E-state index contributed by atoms with van der Waals surface area (Å²) in [5.41, 5.74) is 1.50. The van der Waals surface area contributed by atoms with Crippen LogP contribution in [-0.4, -0.2) is 54.8 Å². The molecule has 204 valence electrons. The highest BCUT2D eigenvalue weighted by molar-refractivity contribution is 7.10. The molecule has 4 aromatic rings. The van der Waals surface area contributed by atoms with Gasteiger partial charge in [-0.15, -0.1) is 11.3 Å². The average Bonchev–Trinajstić information content (AvgIpc) is 3.60. The third kappa shape index (κ3) is 6.54.